The number of para-hydroxylation sites is 1. The molecule has 0 saturated heterocycles. The number of thiophene rings is 1. The summed E-state index contributed by atoms with van der Waals surface area (Å²) >= 11 is 7.94. The van der Waals surface area contributed by atoms with Gasteiger partial charge in [0.25, 0.3) is 0 Å². The van der Waals surface area contributed by atoms with Crippen LogP contribution in [0.15, 0.2) is 48.7 Å². The number of ether oxygens (including phenoxy) is 1. The van der Waals surface area contributed by atoms with Gasteiger partial charge in [-0.1, -0.05) is 29.8 Å². The van der Waals surface area contributed by atoms with E-state index in [1.54, 1.807) is 22.2 Å². The van der Waals surface area contributed by atoms with Gasteiger partial charge in [-0.25, -0.2) is 4.68 Å². The lowest BCUT2D eigenvalue weighted by Gasteiger charge is -2.03. The summed E-state index contributed by atoms with van der Waals surface area (Å²) in [5.74, 6) is 1.30. The molecule has 0 atom stereocenters. The minimum Gasteiger partial charge on any atom is -0.452 e. The summed E-state index contributed by atoms with van der Waals surface area (Å²) < 4.78 is 7.39. The lowest BCUT2D eigenvalue weighted by molar-refractivity contribution is 0.483. The second-order valence-electron chi connectivity index (χ2n) is 4.01. The number of rotatable bonds is 3. The highest BCUT2D eigenvalue weighted by molar-refractivity contribution is 7.14. The molecule has 0 unspecified atom stereocenters. The highest BCUT2D eigenvalue weighted by Crippen LogP contribution is 2.32. The van der Waals surface area contributed by atoms with E-state index < -0.39 is 0 Å². The molecule has 3 aromatic rings. The molecule has 2 aromatic heterocycles. The van der Waals surface area contributed by atoms with Gasteiger partial charge in [0.15, 0.2) is 10.9 Å². The van der Waals surface area contributed by atoms with Crippen molar-refractivity contribution < 1.29 is 4.74 Å². The van der Waals surface area contributed by atoms with Crippen molar-refractivity contribution in [3.05, 3.63) is 58.7 Å². The molecule has 0 aliphatic heterocycles. The Kier molecular flexibility index (Phi) is 3.27. The Balaban J connectivity index is 1.91. The van der Waals surface area contributed by atoms with E-state index >= 15 is 0 Å². The third kappa shape index (κ3) is 2.50. The van der Waals surface area contributed by atoms with Gasteiger partial charge in [-0.2, -0.15) is 5.10 Å². The van der Waals surface area contributed by atoms with E-state index in [2.05, 4.69) is 5.10 Å². The molecule has 0 spiro atoms. The minimum atomic E-state index is 0.478. The summed E-state index contributed by atoms with van der Waals surface area (Å²) in [4.78, 5) is 1.21. The van der Waals surface area contributed by atoms with E-state index in [-0.39, 0.29) is 0 Å². The maximum Gasteiger partial charge on any atom is 0.184 e. The van der Waals surface area contributed by atoms with Crippen molar-refractivity contribution in [2.24, 2.45) is 0 Å². The molecule has 0 aliphatic rings. The zero-order chi connectivity index (χ0) is 13.2. The Morgan fingerprint density at radius 2 is 1.95 bits per heavy atom. The molecule has 0 radical (unpaired) electrons. The van der Waals surface area contributed by atoms with Gasteiger partial charge in [0, 0.05) is 4.88 Å². The molecular formula is C14H11ClN2OS. The van der Waals surface area contributed by atoms with Gasteiger partial charge < -0.3 is 4.74 Å². The van der Waals surface area contributed by atoms with Crippen molar-refractivity contribution >= 4 is 22.9 Å². The molecule has 1 aromatic carbocycles. The molecule has 0 saturated carbocycles. The van der Waals surface area contributed by atoms with Crippen LogP contribution >= 0.6 is 22.9 Å². The number of hydrogen-bond donors (Lipinski definition) is 0. The summed E-state index contributed by atoms with van der Waals surface area (Å²) in [5.41, 5.74) is 0. The molecular weight excluding hydrogens is 280 g/mol. The van der Waals surface area contributed by atoms with Crippen molar-refractivity contribution in [1.82, 2.24) is 9.78 Å². The average molecular weight is 291 g/mol. The van der Waals surface area contributed by atoms with E-state index in [4.69, 9.17) is 16.3 Å². The SMILES string of the molecule is Cc1ccc(-n2ncc(Oc3ccccc3)c2Cl)s1. The maximum absolute atomic E-state index is 6.30. The van der Waals surface area contributed by atoms with Crippen LogP contribution in [0.4, 0.5) is 0 Å². The first-order valence-corrected chi connectivity index (χ1v) is 6.97. The number of aromatic nitrogens is 2. The Morgan fingerprint density at radius 1 is 1.16 bits per heavy atom. The Morgan fingerprint density at radius 3 is 2.63 bits per heavy atom. The topological polar surface area (TPSA) is 27.1 Å². The van der Waals surface area contributed by atoms with Crippen molar-refractivity contribution in [3.8, 4) is 16.5 Å². The first-order chi connectivity index (χ1) is 9.24. The van der Waals surface area contributed by atoms with Gasteiger partial charge in [0.1, 0.15) is 10.8 Å². The fourth-order valence-corrected chi connectivity index (χ4v) is 2.79. The highest BCUT2D eigenvalue weighted by Gasteiger charge is 2.13. The van der Waals surface area contributed by atoms with Crippen LogP contribution in [0.1, 0.15) is 4.88 Å². The van der Waals surface area contributed by atoms with Crippen LogP contribution in [0.25, 0.3) is 5.00 Å². The Labute approximate surface area is 120 Å². The largest absolute Gasteiger partial charge is 0.452 e. The number of aryl methyl sites for hydroxylation is 1. The maximum atomic E-state index is 6.30. The van der Waals surface area contributed by atoms with Crippen molar-refractivity contribution in [1.29, 1.82) is 0 Å². The zero-order valence-corrected chi connectivity index (χ0v) is 11.8. The number of hydrogen-bond acceptors (Lipinski definition) is 3. The molecule has 3 rings (SSSR count). The number of nitrogens with zero attached hydrogens (tertiary/aromatic N) is 2. The molecule has 0 aliphatic carbocycles. The number of benzene rings is 1. The third-order valence-corrected chi connectivity index (χ3v) is 3.91. The summed E-state index contributed by atoms with van der Waals surface area (Å²) in [6, 6.07) is 13.5. The highest BCUT2D eigenvalue weighted by atomic mass is 35.5. The van der Waals surface area contributed by atoms with Crippen LogP contribution in [0.3, 0.4) is 0 Å². The molecule has 0 amide bonds. The Hall–Kier alpha value is -1.78. The fourth-order valence-electron chi connectivity index (χ4n) is 1.69. The minimum absolute atomic E-state index is 0.478. The summed E-state index contributed by atoms with van der Waals surface area (Å²) in [6.07, 6.45) is 1.63. The lowest BCUT2D eigenvalue weighted by atomic mass is 10.3. The molecule has 19 heavy (non-hydrogen) atoms. The smallest absolute Gasteiger partial charge is 0.184 e. The van der Waals surface area contributed by atoms with Crippen LogP contribution in [-0.4, -0.2) is 9.78 Å². The molecule has 0 fully saturated rings. The van der Waals surface area contributed by atoms with Gasteiger partial charge in [0.05, 0.1) is 6.20 Å². The van der Waals surface area contributed by atoms with Crippen LogP contribution in [-0.2, 0) is 0 Å². The second-order valence-corrected chi connectivity index (χ2v) is 5.64. The molecule has 96 valence electrons. The van der Waals surface area contributed by atoms with Crippen LogP contribution < -0.4 is 4.74 Å². The first-order valence-electron chi connectivity index (χ1n) is 5.77. The normalized spacial score (nSPS) is 10.6. The third-order valence-electron chi connectivity index (χ3n) is 2.59. The van der Waals surface area contributed by atoms with Crippen LogP contribution in [0.2, 0.25) is 5.15 Å². The Bertz CT molecular complexity index is 691. The predicted octanol–water partition coefficient (Wildman–Crippen LogP) is 4.69. The van der Waals surface area contributed by atoms with Crippen LogP contribution in [0, 0.1) is 6.92 Å². The van der Waals surface area contributed by atoms with E-state index in [0.29, 0.717) is 10.9 Å². The molecule has 0 N–H and O–H groups in total. The molecule has 0 bridgehead atoms. The van der Waals surface area contributed by atoms with Crippen molar-refractivity contribution in [3.63, 3.8) is 0 Å². The molecule has 2 heterocycles. The van der Waals surface area contributed by atoms with Gasteiger partial charge in [-0.05, 0) is 31.2 Å². The predicted molar refractivity (Wildman–Crippen MR) is 77.7 cm³/mol. The zero-order valence-electron chi connectivity index (χ0n) is 10.2. The molecule has 5 heteroatoms. The monoisotopic (exact) mass is 290 g/mol. The van der Waals surface area contributed by atoms with Gasteiger partial charge in [-0.15, -0.1) is 11.3 Å². The summed E-state index contributed by atoms with van der Waals surface area (Å²) in [7, 11) is 0. The van der Waals surface area contributed by atoms with Crippen LogP contribution in [0.5, 0.6) is 11.5 Å². The average Bonchev–Trinajstić information content (AvgIpc) is 2.99. The second kappa shape index (κ2) is 5.07. The fraction of sp³-hybridized carbons (Fsp3) is 0.0714. The van der Waals surface area contributed by atoms with Gasteiger partial charge in [0.2, 0.25) is 0 Å². The van der Waals surface area contributed by atoms with E-state index in [9.17, 15) is 0 Å². The molecule has 3 nitrogen and oxygen atoms in total. The number of halogens is 1. The lowest BCUT2D eigenvalue weighted by Crippen LogP contribution is -1.92. The standard InChI is InChI=1S/C14H11ClN2OS/c1-10-7-8-13(19-10)17-14(15)12(9-16-17)18-11-5-3-2-4-6-11/h2-9H,1H3. The van der Waals surface area contributed by atoms with E-state index in [1.807, 2.05) is 49.4 Å². The van der Waals surface area contributed by atoms with Gasteiger partial charge in [-0.3, -0.25) is 0 Å². The van der Waals surface area contributed by atoms with E-state index in [1.165, 1.54) is 4.88 Å². The summed E-state index contributed by atoms with van der Waals surface area (Å²) in [6.45, 7) is 2.05. The first kappa shape index (κ1) is 12.3. The summed E-state index contributed by atoms with van der Waals surface area (Å²) in [5, 5.41) is 5.72. The van der Waals surface area contributed by atoms with Crippen molar-refractivity contribution in [2.45, 2.75) is 6.92 Å². The van der Waals surface area contributed by atoms with E-state index in [0.717, 1.165) is 10.8 Å². The van der Waals surface area contributed by atoms with Gasteiger partial charge >= 0.3 is 0 Å². The quantitative estimate of drug-likeness (QED) is 0.700. The van der Waals surface area contributed by atoms with Crippen molar-refractivity contribution in [2.75, 3.05) is 0 Å².